The summed E-state index contributed by atoms with van der Waals surface area (Å²) in [5, 5.41) is 9.07. The maximum Gasteiger partial charge on any atom is 0.323 e. The normalized spacial score (nSPS) is 25.9. The minimum Gasteiger partial charge on any atom is -0.480 e. The van der Waals surface area contributed by atoms with Gasteiger partial charge in [-0.15, -0.1) is 0 Å². The van der Waals surface area contributed by atoms with Crippen LogP contribution in [0.4, 0.5) is 0 Å². The molecule has 1 aliphatic heterocycles. The van der Waals surface area contributed by atoms with Gasteiger partial charge in [0.05, 0.1) is 12.7 Å². The fourth-order valence-corrected chi connectivity index (χ4v) is 1.80. The first-order chi connectivity index (χ1) is 7.15. The van der Waals surface area contributed by atoms with Gasteiger partial charge in [-0.2, -0.15) is 0 Å². The van der Waals surface area contributed by atoms with Gasteiger partial charge in [-0.25, -0.2) is 0 Å². The number of aliphatic carboxylic acids is 1. The molecule has 1 heterocycles. The second kappa shape index (κ2) is 6.05. The van der Waals surface area contributed by atoms with Crippen molar-refractivity contribution >= 4 is 5.97 Å². The number of methoxy groups -OCH3 is 1. The predicted molar refractivity (Wildman–Crippen MR) is 54.9 cm³/mol. The Morgan fingerprint density at radius 1 is 1.73 bits per heavy atom. The Morgan fingerprint density at radius 3 is 3.07 bits per heavy atom. The van der Waals surface area contributed by atoms with Crippen molar-refractivity contribution in [1.82, 2.24) is 4.90 Å². The summed E-state index contributed by atoms with van der Waals surface area (Å²) in [6.45, 7) is 4.30. The van der Waals surface area contributed by atoms with Gasteiger partial charge < -0.3 is 14.6 Å². The van der Waals surface area contributed by atoms with E-state index in [1.807, 2.05) is 11.8 Å². The lowest BCUT2D eigenvalue weighted by Gasteiger charge is -2.27. The quantitative estimate of drug-likeness (QED) is 0.728. The van der Waals surface area contributed by atoms with Gasteiger partial charge in [0.1, 0.15) is 6.04 Å². The van der Waals surface area contributed by atoms with E-state index in [0.29, 0.717) is 13.2 Å². The summed E-state index contributed by atoms with van der Waals surface area (Å²) < 4.78 is 10.4. The monoisotopic (exact) mass is 217 g/mol. The van der Waals surface area contributed by atoms with Crippen LogP contribution in [-0.4, -0.2) is 61.5 Å². The number of hydrogen-bond acceptors (Lipinski definition) is 4. The summed E-state index contributed by atoms with van der Waals surface area (Å²) >= 11 is 0. The minimum absolute atomic E-state index is 0.0891. The van der Waals surface area contributed by atoms with Crippen molar-refractivity contribution in [1.29, 1.82) is 0 Å². The zero-order chi connectivity index (χ0) is 11.3. The van der Waals surface area contributed by atoms with E-state index >= 15 is 0 Å². The Bertz CT molecular complexity index is 210. The van der Waals surface area contributed by atoms with Crippen molar-refractivity contribution in [3.05, 3.63) is 0 Å². The average molecular weight is 217 g/mol. The highest BCUT2D eigenvalue weighted by molar-refractivity contribution is 5.73. The van der Waals surface area contributed by atoms with E-state index in [2.05, 4.69) is 0 Å². The van der Waals surface area contributed by atoms with Crippen LogP contribution in [0.1, 0.15) is 13.3 Å². The molecule has 1 rings (SSSR count). The van der Waals surface area contributed by atoms with E-state index < -0.39 is 12.0 Å². The van der Waals surface area contributed by atoms with Gasteiger partial charge in [-0.3, -0.25) is 9.69 Å². The van der Waals surface area contributed by atoms with Crippen LogP contribution in [-0.2, 0) is 14.3 Å². The summed E-state index contributed by atoms with van der Waals surface area (Å²) in [6, 6.07) is -0.556. The molecular weight excluding hydrogens is 198 g/mol. The lowest BCUT2D eigenvalue weighted by atomic mass is 10.2. The van der Waals surface area contributed by atoms with Crippen LogP contribution in [0.3, 0.4) is 0 Å². The number of hydrogen-bond donors (Lipinski definition) is 1. The topological polar surface area (TPSA) is 59.0 Å². The Hall–Kier alpha value is -0.650. The van der Waals surface area contributed by atoms with Crippen LogP contribution in [0.2, 0.25) is 0 Å². The first-order valence-electron chi connectivity index (χ1n) is 5.22. The molecule has 0 saturated carbocycles. The van der Waals surface area contributed by atoms with E-state index in [9.17, 15) is 4.79 Å². The van der Waals surface area contributed by atoms with Crippen LogP contribution in [0.5, 0.6) is 0 Å². The Kier molecular flexibility index (Phi) is 5.01. The Morgan fingerprint density at radius 2 is 2.47 bits per heavy atom. The molecule has 0 aromatic carbocycles. The first-order valence-corrected chi connectivity index (χ1v) is 5.22. The third kappa shape index (κ3) is 3.77. The van der Waals surface area contributed by atoms with E-state index in [4.69, 9.17) is 14.6 Å². The minimum atomic E-state index is -0.828. The lowest BCUT2D eigenvalue weighted by Crippen LogP contribution is -2.46. The number of carboxylic acids is 1. The van der Waals surface area contributed by atoms with E-state index in [1.165, 1.54) is 7.11 Å². The molecule has 5 heteroatoms. The van der Waals surface area contributed by atoms with E-state index in [-0.39, 0.29) is 12.7 Å². The standard InChI is InChI=1S/C10H19NO4/c1-8-6-11(4-3-5-15-8)9(7-14-2)10(12)13/h8-9H,3-7H2,1-2H3,(H,12,13). The molecule has 0 aliphatic carbocycles. The molecule has 5 nitrogen and oxygen atoms in total. The van der Waals surface area contributed by atoms with E-state index in [0.717, 1.165) is 13.0 Å². The molecule has 1 aliphatic rings. The highest BCUT2D eigenvalue weighted by Crippen LogP contribution is 2.10. The summed E-state index contributed by atoms with van der Waals surface area (Å²) in [4.78, 5) is 13.0. The first kappa shape index (κ1) is 12.4. The third-order valence-corrected chi connectivity index (χ3v) is 2.53. The van der Waals surface area contributed by atoms with Gasteiger partial charge in [0, 0.05) is 26.8 Å². The molecule has 0 spiro atoms. The number of carboxylic acid groups (broad SMARTS) is 1. The number of nitrogens with zero attached hydrogens (tertiary/aromatic N) is 1. The summed E-state index contributed by atoms with van der Waals surface area (Å²) in [5.41, 5.74) is 0. The maximum atomic E-state index is 11.0. The summed E-state index contributed by atoms with van der Waals surface area (Å²) in [5.74, 6) is -0.828. The van der Waals surface area contributed by atoms with Crippen LogP contribution < -0.4 is 0 Å². The van der Waals surface area contributed by atoms with Gasteiger partial charge in [-0.05, 0) is 13.3 Å². The zero-order valence-electron chi connectivity index (χ0n) is 9.31. The molecule has 2 unspecified atom stereocenters. The number of rotatable bonds is 4. The molecule has 0 bridgehead atoms. The number of carbonyl (C=O) groups is 1. The molecule has 2 atom stereocenters. The van der Waals surface area contributed by atoms with Gasteiger partial charge in [-0.1, -0.05) is 0 Å². The van der Waals surface area contributed by atoms with Gasteiger partial charge in [0.15, 0.2) is 0 Å². The Labute approximate surface area is 90.0 Å². The largest absolute Gasteiger partial charge is 0.480 e. The van der Waals surface area contributed by atoms with Crippen LogP contribution in [0.15, 0.2) is 0 Å². The van der Waals surface area contributed by atoms with E-state index in [1.54, 1.807) is 0 Å². The van der Waals surface area contributed by atoms with Crippen molar-refractivity contribution in [2.45, 2.75) is 25.5 Å². The molecule has 15 heavy (non-hydrogen) atoms. The Balaban J connectivity index is 2.59. The van der Waals surface area contributed by atoms with Crippen molar-refractivity contribution < 1.29 is 19.4 Å². The molecule has 88 valence electrons. The summed E-state index contributed by atoms with van der Waals surface area (Å²) in [7, 11) is 1.52. The zero-order valence-corrected chi connectivity index (χ0v) is 9.31. The molecule has 0 aromatic heterocycles. The highest BCUT2D eigenvalue weighted by atomic mass is 16.5. The van der Waals surface area contributed by atoms with Crippen molar-refractivity contribution in [2.24, 2.45) is 0 Å². The summed E-state index contributed by atoms with van der Waals surface area (Å²) in [6.07, 6.45) is 0.962. The van der Waals surface area contributed by atoms with Crippen LogP contribution in [0, 0.1) is 0 Å². The van der Waals surface area contributed by atoms with Crippen LogP contribution >= 0.6 is 0 Å². The van der Waals surface area contributed by atoms with Crippen molar-refractivity contribution in [3.8, 4) is 0 Å². The van der Waals surface area contributed by atoms with Crippen molar-refractivity contribution in [2.75, 3.05) is 33.4 Å². The average Bonchev–Trinajstić information content (AvgIpc) is 2.38. The predicted octanol–water partition coefficient (Wildman–Crippen LogP) is 0.197. The SMILES string of the molecule is COCC(C(=O)O)N1CCCOC(C)C1. The molecular formula is C10H19NO4. The van der Waals surface area contributed by atoms with Gasteiger partial charge in [0.25, 0.3) is 0 Å². The highest BCUT2D eigenvalue weighted by Gasteiger charge is 2.28. The molecule has 0 aromatic rings. The second-order valence-corrected chi connectivity index (χ2v) is 3.84. The molecule has 1 saturated heterocycles. The molecule has 1 N–H and O–H groups in total. The maximum absolute atomic E-state index is 11.0. The molecule has 1 fully saturated rings. The van der Waals surface area contributed by atoms with Gasteiger partial charge >= 0.3 is 5.97 Å². The second-order valence-electron chi connectivity index (χ2n) is 3.84. The molecule has 0 radical (unpaired) electrons. The fourth-order valence-electron chi connectivity index (χ4n) is 1.80. The number of ether oxygens (including phenoxy) is 2. The lowest BCUT2D eigenvalue weighted by molar-refractivity contribution is -0.145. The van der Waals surface area contributed by atoms with Crippen LogP contribution in [0.25, 0.3) is 0 Å². The smallest absolute Gasteiger partial charge is 0.323 e. The van der Waals surface area contributed by atoms with Gasteiger partial charge in [0.2, 0.25) is 0 Å². The van der Waals surface area contributed by atoms with Crippen molar-refractivity contribution in [3.63, 3.8) is 0 Å². The third-order valence-electron chi connectivity index (χ3n) is 2.53. The fraction of sp³-hybridized carbons (Fsp3) is 0.900. The molecule has 0 amide bonds.